The van der Waals surface area contributed by atoms with Gasteiger partial charge in [-0.15, -0.1) is 11.3 Å². The molecule has 0 aliphatic carbocycles. The summed E-state index contributed by atoms with van der Waals surface area (Å²) in [7, 11) is 0. The molecule has 0 unspecified atom stereocenters. The molecule has 6 nitrogen and oxygen atoms in total. The third-order valence-electron chi connectivity index (χ3n) is 2.69. The molecule has 1 amide bonds. The van der Waals surface area contributed by atoms with E-state index < -0.39 is 5.95 Å². The molecular formula is C13H11FN4O2S2. The standard InChI is InChI=1S/C13H11FN4O2S2/c14-10-2-1-7(6-16-10)17-11(20)8-5-9-12(21-8)18-13(22-9)15-3-4-19/h1-2,5-6,19H,3-4H2,(H,15,18)(H,17,20). The Balaban J connectivity index is 1.73. The largest absolute Gasteiger partial charge is 0.395 e. The number of anilines is 2. The van der Waals surface area contributed by atoms with E-state index in [-0.39, 0.29) is 12.5 Å². The van der Waals surface area contributed by atoms with Crippen molar-refractivity contribution in [3.63, 3.8) is 0 Å². The highest BCUT2D eigenvalue weighted by Gasteiger charge is 2.14. The Morgan fingerprint density at radius 2 is 2.23 bits per heavy atom. The van der Waals surface area contributed by atoms with Gasteiger partial charge < -0.3 is 15.7 Å². The maximum absolute atomic E-state index is 12.7. The Labute approximate surface area is 132 Å². The van der Waals surface area contributed by atoms with Crippen molar-refractivity contribution in [2.75, 3.05) is 23.8 Å². The monoisotopic (exact) mass is 338 g/mol. The Kier molecular flexibility index (Phi) is 4.27. The number of thiophene rings is 1. The van der Waals surface area contributed by atoms with Crippen molar-refractivity contribution in [1.29, 1.82) is 0 Å². The third-order valence-corrected chi connectivity index (χ3v) is 4.80. The number of hydrogen-bond donors (Lipinski definition) is 3. The van der Waals surface area contributed by atoms with Crippen LogP contribution in [0, 0.1) is 5.95 Å². The van der Waals surface area contributed by atoms with E-state index in [1.165, 1.54) is 41.0 Å². The van der Waals surface area contributed by atoms with E-state index in [0.717, 1.165) is 9.53 Å². The highest BCUT2D eigenvalue weighted by atomic mass is 32.1. The summed E-state index contributed by atoms with van der Waals surface area (Å²) in [4.78, 5) is 21.2. The first-order valence-electron chi connectivity index (χ1n) is 6.34. The molecule has 0 radical (unpaired) electrons. The quantitative estimate of drug-likeness (QED) is 0.622. The van der Waals surface area contributed by atoms with Gasteiger partial charge in [0.1, 0.15) is 4.83 Å². The van der Waals surface area contributed by atoms with Gasteiger partial charge in [0.15, 0.2) is 5.13 Å². The van der Waals surface area contributed by atoms with Gasteiger partial charge in [0.25, 0.3) is 5.91 Å². The zero-order valence-corrected chi connectivity index (χ0v) is 12.8. The van der Waals surface area contributed by atoms with Gasteiger partial charge in [-0.2, -0.15) is 4.39 Å². The molecule has 0 fully saturated rings. The van der Waals surface area contributed by atoms with Crippen LogP contribution in [0.2, 0.25) is 0 Å². The molecule has 0 aromatic carbocycles. The minimum atomic E-state index is -0.596. The Morgan fingerprint density at radius 1 is 1.36 bits per heavy atom. The van der Waals surface area contributed by atoms with E-state index in [4.69, 9.17) is 5.11 Å². The van der Waals surface area contributed by atoms with Crippen LogP contribution in [0.5, 0.6) is 0 Å². The Bertz CT molecular complexity index is 769. The number of pyridine rings is 1. The van der Waals surface area contributed by atoms with E-state index >= 15 is 0 Å². The lowest BCUT2D eigenvalue weighted by atomic mass is 10.4. The van der Waals surface area contributed by atoms with Crippen molar-refractivity contribution in [3.8, 4) is 0 Å². The molecule has 114 valence electrons. The summed E-state index contributed by atoms with van der Waals surface area (Å²) in [5.41, 5.74) is 0.432. The Hall–Kier alpha value is -2.10. The van der Waals surface area contributed by atoms with Gasteiger partial charge in [-0.1, -0.05) is 11.3 Å². The van der Waals surface area contributed by atoms with Gasteiger partial charge in [0.2, 0.25) is 5.95 Å². The molecule has 0 bridgehead atoms. The van der Waals surface area contributed by atoms with Crippen LogP contribution in [-0.2, 0) is 0 Å². The summed E-state index contributed by atoms with van der Waals surface area (Å²) < 4.78 is 13.6. The highest BCUT2D eigenvalue weighted by Crippen LogP contribution is 2.33. The molecule has 0 aliphatic heterocycles. The molecule has 0 aliphatic rings. The molecule has 0 saturated carbocycles. The lowest BCUT2D eigenvalue weighted by Gasteiger charge is -2.02. The molecule has 3 aromatic rings. The number of fused-ring (bicyclic) bond motifs is 1. The molecule has 3 N–H and O–H groups in total. The second-order valence-electron chi connectivity index (χ2n) is 4.27. The number of carbonyl (C=O) groups excluding carboxylic acids is 1. The second-order valence-corrected chi connectivity index (χ2v) is 6.33. The van der Waals surface area contributed by atoms with Gasteiger partial charge in [-0.3, -0.25) is 4.79 Å². The van der Waals surface area contributed by atoms with Crippen molar-refractivity contribution in [1.82, 2.24) is 9.97 Å². The van der Waals surface area contributed by atoms with Gasteiger partial charge >= 0.3 is 0 Å². The van der Waals surface area contributed by atoms with Crippen LogP contribution in [0.4, 0.5) is 15.2 Å². The highest BCUT2D eigenvalue weighted by molar-refractivity contribution is 7.29. The fourth-order valence-corrected chi connectivity index (χ4v) is 3.76. The SMILES string of the molecule is O=C(Nc1ccc(F)nc1)c1cc2sc(NCCO)nc2s1. The first kappa shape index (κ1) is 14.8. The number of thiazole rings is 1. The number of aliphatic hydroxyl groups excluding tert-OH is 1. The number of carbonyl (C=O) groups is 1. The average molecular weight is 338 g/mol. The lowest BCUT2D eigenvalue weighted by Crippen LogP contribution is -2.10. The topological polar surface area (TPSA) is 87.1 Å². The van der Waals surface area contributed by atoms with Crippen LogP contribution >= 0.6 is 22.7 Å². The van der Waals surface area contributed by atoms with Crippen molar-refractivity contribution >= 4 is 48.9 Å². The second kappa shape index (κ2) is 6.34. The van der Waals surface area contributed by atoms with Gasteiger partial charge in [0, 0.05) is 6.54 Å². The van der Waals surface area contributed by atoms with Crippen molar-refractivity contribution in [2.45, 2.75) is 0 Å². The normalized spacial score (nSPS) is 10.8. The number of nitrogens with zero attached hydrogens (tertiary/aromatic N) is 2. The third kappa shape index (κ3) is 3.21. The smallest absolute Gasteiger partial charge is 0.265 e. The molecule has 0 spiro atoms. The molecule has 3 heterocycles. The van der Waals surface area contributed by atoms with E-state index in [2.05, 4.69) is 20.6 Å². The summed E-state index contributed by atoms with van der Waals surface area (Å²) >= 11 is 2.69. The predicted octanol–water partition coefficient (Wildman–Crippen LogP) is 2.55. The van der Waals surface area contributed by atoms with E-state index in [1.54, 1.807) is 6.07 Å². The average Bonchev–Trinajstić information content (AvgIpc) is 3.05. The Morgan fingerprint density at radius 3 is 2.91 bits per heavy atom. The van der Waals surface area contributed by atoms with Crippen LogP contribution < -0.4 is 10.6 Å². The number of nitrogens with one attached hydrogen (secondary N) is 2. The first-order valence-corrected chi connectivity index (χ1v) is 7.97. The van der Waals surface area contributed by atoms with Crippen LogP contribution in [0.1, 0.15) is 9.67 Å². The number of amides is 1. The molecule has 3 rings (SSSR count). The summed E-state index contributed by atoms with van der Waals surface area (Å²) in [5.74, 6) is -0.879. The lowest BCUT2D eigenvalue weighted by molar-refractivity contribution is 0.103. The minimum Gasteiger partial charge on any atom is -0.395 e. The fraction of sp³-hybridized carbons (Fsp3) is 0.154. The van der Waals surface area contributed by atoms with Gasteiger partial charge in [-0.25, -0.2) is 9.97 Å². The fourth-order valence-electron chi connectivity index (χ4n) is 1.73. The van der Waals surface area contributed by atoms with Crippen LogP contribution in [0.25, 0.3) is 9.53 Å². The maximum atomic E-state index is 12.7. The van der Waals surface area contributed by atoms with E-state index in [1.807, 2.05) is 0 Å². The van der Waals surface area contributed by atoms with Crippen LogP contribution in [-0.4, -0.2) is 34.1 Å². The van der Waals surface area contributed by atoms with Crippen molar-refractivity contribution in [2.24, 2.45) is 0 Å². The molecule has 0 saturated heterocycles. The summed E-state index contributed by atoms with van der Waals surface area (Å²) in [6.45, 7) is 0.471. The summed E-state index contributed by atoms with van der Waals surface area (Å²) in [6, 6.07) is 4.39. The number of aromatic nitrogens is 2. The zero-order chi connectivity index (χ0) is 15.5. The number of halogens is 1. The molecule has 0 atom stereocenters. The number of rotatable bonds is 5. The van der Waals surface area contributed by atoms with Crippen LogP contribution in [0.15, 0.2) is 24.4 Å². The van der Waals surface area contributed by atoms with Gasteiger partial charge in [-0.05, 0) is 18.2 Å². The first-order chi connectivity index (χ1) is 10.7. The molecule has 3 aromatic heterocycles. The maximum Gasteiger partial charge on any atom is 0.265 e. The molecule has 9 heteroatoms. The minimum absolute atomic E-state index is 0.0343. The van der Waals surface area contributed by atoms with Crippen molar-refractivity contribution in [3.05, 3.63) is 35.2 Å². The predicted molar refractivity (Wildman–Crippen MR) is 85.2 cm³/mol. The molecular weight excluding hydrogens is 327 g/mol. The van der Waals surface area contributed by atoms with Crippen molar-refractivity contribution < 1.29 is 14.3 Å². The zero-order valence-electron chi connectivity index (χ0n) is 11.2. The summed E-state index contributed by atoms with van der Waals surface area (Å²) in [5, 5.41) is 15.1. The van der Waals surface area contributed by atoms with E-state index in [0.29, 0.717) is 22.2 Å². The molecule has 22 heavy (non-hydrogen) atoms. The van der Waals surface area contributed by atoms with Crippen LogP contribution in [0.3, 0.4) is 0 Å². The number of aliphatic hydroxyl groups is 1. The van der Waals surface area contributed by atoms with E-state index in [9.17, 15) is 9.18 Å². The summed E-state index contributed by atoms with van der Waals surface area (Å²) in [6.07, 6.45) is 1.26. The van der Waals surface area contributed by atoms with Gasteiger partial charge in [0.05, 0.1) is 28.1 Å². The number of hydrogen-bond acceptors (Lipinski definition) is 7.